The summed E-state index contributed by atoms with van der Waals surface area (Å²) in [6, 6.07) is 5.28. The van der Waals surface area contributed by atoms with Crippen LogP contribution in [0.3, 0.4) is 0 Å². The van der Waals surface area contributed by atoms with Crippen molar-refractivity contribution in [3.63, 3.8) is 0 Å². The van der Waals surface area contributed by atoms with E-state index in [1.807, 2.05) is 31.1 Å². The Balaban J connectivity index is 1.94. The first kappa shape index (κ1) is 17.9. The lowest BCUT2D eigenvalue weighted by molar-refractivity contribution is 0.0575. The van der Waals surface area contributed by atoms with Crippen molar-refractivity contribution in [3.05, 3.63) is 23.2 Å². The van der Waals surface area contributed by atoms with Crippen LogP contribution in [0.25, 0.3) is 0 Å². The molecule has 128 valence electrons. The van der Waals surface area contributed by atoms with E-state index in [0.717, 1.165) is 31.4 Å². The molecular formula is C17H26ClN3O2. The van der Waals surface area contributed by atoms with Gasteiger partial charge in [-0.3, -0.25) is 0 Å². The molecule has 23 heavy (non-hydrogen) atoms. The molecule has 0 bridgehead atoms. The van der Waals surface area contributed by atoms with Crippen LogP contribution in [0.1, 0.15) is 25.7 Å². The molecule has 1 aromatic carbocycles. The summed E-state index contributed by atoms with van der Waals surface area (Å²) in [6.45, 7) is 0.566. The summed E-state index contributed by atoms with van der Waals surface area (Å²) in [6.07, 6.45) is 3.71. The van der Waals surface area contributed by atoms with Crippen LogP contribution in [-0.4, -0.2) is 49.8 Å². The predicted octanol–water partition coefficient (Wildman–Crippen LogP) is 3.42. The van der Waals surface area contributed by atoms with E-state index < -0.39 is 0 Å². The molecular weight excluding hydrogens is 314 g/mol. The minimum Gasteiger partial charge on any atom is -0.393 e. The first-order valence-corrected chi connectivity index (χ1v) is 8.43. The number of urea groups is 1. The molecule has 1 aliphatic carbocycles. The monoisotopic (exact) mass is 339 g/mol. The zero-order chi connectivity index (χ0) is 17.0. The lowest BCUT2D eigenvalue weighted by Gasteiger charge is -2.31. The number of nitrogens with one attached hydrogen (secondary N) is 1. The van der Waals surface area contributed by atoms with Gasteiger partial charge >= 0.3 is 6.03 Å². The normalized spacial score (nSPS) is 20.9. The van der Waals surface area contributed by atoms with Crippen molar-refractivity contribution < 1.29 is 9.90 Å². The highest BCUT2D eigenvalue weighted by atomic mass is 35.5. The second-order valence-corrected chi connectivity index (χ2v) is 6.89. The molecule has 1 aromatic rings. The van der Waals surface area contributed by atoms with E-state index in [2.05, 4.69) is 5.32 Å². The van der Waals surface area contributed by atoms with Crippen LogP contribution in [0.2, 0.25) is 5.02 Å². The number of nitrogens with zero attached hydrogens (tertiary/aromatic N) is 2. The number of benzene rings is 1. The van der Waals surface area contributed by atoms with Gasteiger partial charge in [0, 0.05) is 39.3 Å². The molecule has 5 nitrogen and oxygen atoms in total. The van der Waals surface area contributed by atoms with Crippen LogP contribution in [0.4, 0.5) is 16.2 Å². The summed E-state index contributed by atoms with van der Waals surface area (Å²) in [4.78, 5) is 15.9. The zero-order valence-corrected chi connectivity index (χ0v) is 14.8. The third kappa shape index (κ3) is 4.75. The number of rotatable bonds is 4. The van der Waals surface area contributed by atoms with E-state index >= 15 is 0 Å². The van der Waals surface area contributed by atoms with Crippen LogP contribution in [0.15, 0.2) is 18.2 Å². The summed E-state index contributed by atoms with van der Waals surface area (Å²) in [5, 5.41) is 13.5. The first-order chi connectivity index (χ1) is 10.9. The standard InChI is InChI=1S/C17H26ClN3O2/c1-20(2)15-9-8-13(10-14(15)18)19-17(23)21(3)11-12-6-4-5-7-16(12)22/h8-10,12,16,22H,4-7,11H2,1-3H3,(H,19,23). The fourth-order valence-corrected chi connectivity index (χ4v) is 3.35. The van der Waals surface area contributed by atoms with E-state index in [9.17, 15) is 9.90 Å². The molecule has 1 saturated carbocycles. The van der Waals surface area contributed by atoms with Crippen molar-refractivity contribution in [2.45, 2.75) is 31.8 Å². The quantitative estimate of drug-likeness (QED) is 0.883. The molecule has 2 atom stereocenters. The molecule has 2 amide bonds. The maximum Gasteiger partial charge on any atom is 0.321 e. The smallest absolute Gasteiger partial charge is 0.321 e. The lowest BCUT2D eigenvalue weighted by Crippen LogP contribution is -2.40. The maximum absolute atomic E-state index is 12.3. The molecule has 2 N–H and O–H groups in total. The Morgan fingerprint density at radius 3 is 2.61 bits per heavy atom. The zero-order valence-electron chi connectivity index (χ0n) is 14.1. The Bertz CT molecular complexity index is 551. The minimum atomic E-state index is -0.298. The average Bonchev–Trinajstić information content (AvgIpc) is 2.49. The number of amides is 2. The number of aliphatic hydroxyl groups excluding tert-OH is 1. The van der Waals surface area contributed by atoms with E-state index in [1.54, 1.807) is 18.0 Å². The number of hydrogen-bond donors (Lipinski definition) is 2. The number of anilines is 2. The molecule has 0 aromatic heterocycles. The molecule has 0 saturated heterocycles. The topological polar surface area (TPSA) is 55.8 Å². The van der Waals surface area contributed by atoms with Crippen LogP contribution in [0, 0.1) is 5.92 Å². The highest BCUT2D eigenvalue weighted by Crippen LogP contribution is 2.28. The van der Waals surface area contributed by atoms with Crippen molar-refractivity contribution in [1.29, 1.82) is 0 Å². The number of hydrogen-bond acceptors (Lipinski definition) is 3. The van der Waals surface area contributed by atoms with Gasteiger partial charge in [-0.2, -0.15) is 0 Å². The van der Waals surface area contributed by atoms with Gasteiger partial charge in [-0.15, -0.1) is 0 Å². The Labute approximate surface area is 143 Å². The maximum atomic E-state index is 12.3. The summed E-state index contributed by atoms with van der Waals surface area (Å²) in [5.74, 6) is 0.166. The van der Waals surface area contributed by atoms with Crippen molar-refractivity contribution in [2.75, 3.05) is 37.9 Å². The lowest BCUT2D eigenvalue weighted by atomic mass is 9.86. The molecule has 0 heterocycles. The van der Waals surface area contributed by atoms with Gasteiger partial charge in [0.15, 0.2) is 0 Å². The molecule has 0 radical (unpaired) electrons. The van der Waals surface area contributed by atoms with Crippen molar-refractivity contribution in [2.24, 2.45) is 5.92 Å². The second-order valence-electron chi connectivity index (χ2n) is 6.48. The largest absolute Gasteiger partial charge is 0.393 e. The molecule has 0 aliphatic heterocycles. The molecule has 2 rings (SSSR count). The number of aliphatic hydroxyl groups is 1. The van der Waals surface area contributed by atoms with E-state index in [1.165, 1.54) is 0 Å². The van der Waals surface area contributed by atoms with E-state index in [-0.39, 0.29) is 18.1 Å². The fraction of sp³-hybridized carbons (Fsp3) is 0.588. The van der Waals surface area contributed by atoms with Crippen molar-refractivity contribution in [3.8, 4) is 0 Å². The minimum absolute atomic E-state index is 0.166. The second kappa shape index (κ2) is 7.88. The third-order valence-corrected chi connectivity index (χ3v) is 4.71. The molecule has 2 unspecified atom stereocenters. The molecule has 0 spiro atoms. The SMILES string of the molecule is CN(CC1CCCCC1O)C(=O)Nc1ccc(N(C)C)c(Cl)c1. The number of halogens is 1. The molecule has 6 heteroatoms. The third-order valence-electron chi connectivity index (χ3n) is 4.40. The Morgan fingerprint density at radius 2 is 2.00 bits per heavy atom. The number of carbonyl (C=O) groups excluding carboxylic acids is 1. The Morgan fingerprint density at radius 1 is 1.30 bits per heavy atom. The van der Waals surface area contributed by atoms with Crippen molar-refractivity contribution >= 4 is 29.0 Å². The van der Waals surface area contributed by atoms with E-state index in [0.29, 0.717) is 17.3 Å². The van der Waals surface area contributed by atoms with Crippen LogP contribution in [-0.2, 0) is 0 Å². The van der Waals surface area contributed by atoms with Gasteiger partial charge < -0.3 is 20.2 Å². The van der Waals surface area contributed by atoms with Gasteiger partial charge in [0.25, 0.3) is 0 Å². The highest BCUT2D eigenvalue weighted by Gasteiger charge is 2.25. The van der Waals surface area contributed by atoms with Gasteiger partial charge in [0.1, 0.15) is 0 Å². The average molecular weight is 340 g/mol. The van der Waals surface area contributed by atoms with Gasteiger partial charge in [0.05, 0.1) is 16.8 Å². The van der Waals surface area contributed by atoms with Crippen LogP contribution in [0.5, 0.6) is 0 Å². The van der Waals surface area contributed by atoms with E-state index in [4.69, 9.17) is 11.6 Å². The molecule has 1 fully saturated rings. The predicted molar refractivity (Wildman–Crippen MR) is 95.4 cm³/mol. The molecule has 1 aliphatic rings. The van der Waals surface area contributed by atoms with Gasteiger partial charge in [-0.1, -0.05) is 24.4 Å². The highest BCUT2D eigenvalue weighted by molar-refractivity contribution is 6.33. The first-order valence-electron chi connectivity index (χ1n) is 8.05. The summed E-state index contributed by atoms with van der Waals surface area (Å²) in [7, 11) is 5.60. The number of carbonyl (C=O) groups is 1. The van der Waals surface area contributed by atoms with Gasteiger partial charge in [0.2, 0.25) is 0 Å². The van der Waals surface area contributed by atoms with Gasteiger partial charge in [-0.05, 0) is 31.0 Å². The van der Waals surface area contributed by atoms with Crippen molar-refractivity contribution in [1.82, 2.24) is 4.90 Å². The summed E-state index contributed by atoms with van der Waals surface area (Å²) in [5.41, 5.74) is 1.57. The van der Waals surface area contributed by atoms with Crippen LogP contribution < -0.4 is 10.2 Å². The fourth-order valence-electron chi connectivity index (χ4n) is 3.00. The van der Waals surface area contributed by atoms with Crippen LogP contribution >= 0.6 is 11.6 Å². The van der Waals surface area contributed by atoms with Gasteiger partial charge in [-0.25, -0.2) is 4.79 Å². The Kier molecular flexibility index (Phi) is 6.13. The Hall–Kier alpha value is -1.46. The summed E-state index contributed by atoms with van der Waals surface area (Å²) >= 11 is 6.22. The summed E-state index contributed by atoms with van der Waals surface area (Å²) < 4.78 is 0.